The third-order valence-corrected chi connectivity index (χ3v) is 11.2. The fourth-order valence-corrected chi connectivity index (χ4v) is 9.25. The van der Waals surface area contributed by atoms with Crippen molar-refractivity contribution in [3.8, 4) is 0 Å². The molecule has 1 aliphatic rings. The first-order valence-electron chi connectivity index (χ1n) is 11.3. The van der Waals surface area contributed by atoms with Crippen molar-refractivity contribution in [2.45, 2.75) is 70.9 Å². The fourth-order valence-electron chi connectivity index (χ4n) is 4.56. The number of hydrogen-bond acceptors (Lipinski definition) is 3. The Labute approximate surface area is 182 Å². The monoisotopic (exact) mass is 424 g/mol. The van der Waals surface area contributed by atoms with E-state index in [-0.39, 0.29) is 17.1 Å². The van der Waals surface area contributed by atoms with Gasteiger partial charge in [0.1, 0.15) is 6.10 Å². The molecule has 0 unspecified atom stereocenters. The smallest absolute Gasteiger partial charge is 0.306 e. The van der Waals surface area contributed by atoms with Crippen LogP contribution in [0.2, 0.25) is 5.04 Å². The van der Waals surface area contributed by atoms with Crippen LogP contribution in [-0.4, -0.2) is 27.0 Å². The van der Waals surface area contributed by atoms with E-state index in [0.717, 1.165) is 25.7 Å². The van der Waals surface area contributed by atoms with Crippen LogP contribution in [0.5, 0.6) is 0 Å². The van der Waals surface area contributed by atoms with Gasteiger partial charge in [-0.3, -0.25) is 4.79 Å². The van der Waals surface area contributed by atoms with Crippen LogP contribution >= 0.6 is 0 Å². The van der Waals surface area contributed by atoms with E-state index in [9.17, 15) is 4.79 Å². The van der Waals surface area contributed by atoms with E-state index in [4.69, 9.17) is 9.16 Å². The Morgan fingerprint density at radius 2 is 1.60 bits per heavy atom. The molecule has 1 saturated heterocycles. The molecular weight excluding hydrogens is 388 g/mol. The van der Waals surface area contributed by atoms with Gasteiger partial charge in [0.25, 0.3) is 8.32 Å². The van der Waals surface area contributed by atoms with Crippen molar-refractivity contribution in [1.82, 2.24) is 0 Å². The van der Waals surface area contributed by atoms with E-state index in [0.29, 0.717) is 18.9 Å². The molecule has 4 heteroatoms. The summed E-state index contributed by atoms with van der Waals surface area (Å²) in [7, 11) is -2.48. The van der Waals surface area contributed by atoms with Crippen molar-refractivity contribution in [3.63, 3.8) is 0 Å². The zero-order chi connectivity index (χ0) is 21.6. The summed E-state index contributed by atoms with van der Waals surface area (Å²) in [5.74, 6) is 0.370. The number of cyclic esters (lactones) is 1. The average Bonchev–Trinajstić information content (AvgIpc) is 2.73. The quantitative estimate of drug-likeness (QED) is 0.438. The Morgan fingerprint density at radius 3 is 2.10 bits per heavy atom. The molecule has 0 bridgehead atoms. The van der Waals surface area contributed by atoms with Crippen LogP contribution in [-0.2, 0) is 14.0 Å². The number of esters is 1. The van der Waals surface area contributed by atoms with Crippen LogP contribution in [0.1, 0.15) is 59.8 Å². The predicted octanol–water partition coefficient (Wildman–Crippen LogP) is 5.08. The van der Waals surface area contributed by atoms with Crippen molar-refractivity contribution in [3.05, 3.63) is 60.7 Å². The molecule has 1 aliphatic heterocycles. The lowest BCUT2D eigenvalue weighted by atomic mass is 9.99. The second-order valence-corrected chi connectivity index (χ2v) is 14.0. The number of rotatable bonds is 8. The van der Waals surface area contributed by atoms with Crippen molar-refractivity contribution < 1.29 is 14.0 Å². The summed E-state index contributed by atoms with van der Waals surface area (Å²) in [6, 6.07) is 21.6. The van der Waals surface area contributed by atoms with Crippen LogP contribution in [0, 0.1) is 5.92 Å². The van der Waals surface area contributed by atoms with E-state index in [1.807, 2.05) is 0 Å². The summed E-state index contributed by atoms with van der Waals surface area (Å²) in [6.45, 7) is 9.90. The zero-order valence-electron chi connectivity index (χ0n) is 18.9. The summed E-state index contributed by atoms with van der Waals surface area (Å²) in [4.78, 5) is 11.6. The highest BCUT2D eigenvalue weighted by molar-refractivity contribution is 6.99. The molecule has 2 atom stereocenters. The van der Waals surface area contributed by atoms with Crippen LogP contribution in [0.4, 0.5) is 0 Å². The first kappa shape index (κ1) is 22.8. The zero-order valence-corrected chi connectivity index (χ0v) is 19.9. The molecule has 0 aliphatic carbocycles. The molecule has 0 radical (unpaired) electrons. The number of carbonyl (C=O) groups excluding carboxylic acids is 1. The van der Waals surface area contributed by atoms with Crippen LogP contribution in [0.3, 0.4) is 0 Å². The Balaban J connectivity index is 1.78. The van der Waals surface area contributed by atoms with Crippen LogP contribution in [0.25, 0.3) is 0 Å². The molecule has 2 aromatic carbocycles. The van der Waals surface area contributed by atoms with Crippen molar-refractivity contribution in [1.29, 1.82) is 0 Å². The van der Waals surface area contributed by atoms with Gasteiger partial charge in [-0.05, 0) is 47.0 Å². The third kappa shape index (κ3) is 5.22. The van der Waals surface area contributed by atoms with E-state index >= 15 is 0 Å². The van der Waals surface area contributed by atoms with Gasteiger partial charge in [0.2, 0.25) is 0 Å². The second kappa shape index (κ2) is 9.93. The molecular formula is C26H36O3Si. The van der Waals surface area contributed by atoms with Crippen molar-refractivity contribution in [2.24, 2.45) is 5.92 Å². The van der Waals surface area contributed by atoms with E-state index in [1.165, 1.54) is 10.4 Å². The lowest BCUT2D eigenvalue weighted by Crippen LogP contribution is -2.66. The first-order chi connectivity index (χ1) is 14.3. The van der Waals surface area contributed by atoms with Crippen LogP contribution in [0.15, 0.2) is 60.7 Å². The summed E-state index contributed by atoms with van der Waals surface area (Å²) in [5, 5.41) is 2.63. The molecule has 3 rings (SSSR count). The highest BCUT2D eigenvalue weighted by Gasteiger charge is 2.50. The molecule has 0 saturated carbocycles. The number of ether oxygens (including phenoxy) is 1. The summed E-state index contributed by atoms with van der Waals surface area (Å²) in [6.07, 6.45) is 4.54. The van der Waals surface area contributed by atoms with Gasteiger partial charge in [-0.2, -0.15) is 0 Å². The minimum absolute atomic E-state index is 0.00563. The normalized spacial score (nSPS) is 18.7. The van der Waals surface area contributed by atoms with Crippen LogP contribution < -0.4 is 10.4 Å². The Morgan fingerprint density at radius 1 is 1.03 bits per heavy atom. The highest BCUT2D eigenvalue weighted by Crippen LogP contribution is 2.37. The Bertz CT molecular complexity index is 759. The Kier molecular flexibility index (Phi) is 7.53. The maximum atomic E-state index is 11.6. The third-order valence-electron chi connectivity index (χ3n) is 6.19. The summed E-state index contributed by atoms with van der Waals surface area (Å²) >= 11 is 0. The highest BCUT2D eigenvalue weighted by atomic mass is 28.4. The number of carbonyl (C=O) groups is 1. The van der Waals surface area contributed by atoms with Gasteiger partial charge in [-0.1, -0.05) is 88.4 Å². The molecule has 3 nitrogen and oxygen atoms in total. The second-order valence-electron chi connectivity index (χ2n) is 9.66. The summed E-state index contributed by atoms with van der Waals surface area (Å²) in [5.41, 5.74) is 0. The number of benzene rings is 2. The average molecular weight is 425 g/mol. The standard InChI is InChI=1S/C26H36O3Si/c1-21(18-19-22-12-11-17-25(27)29-22)20-28-30(26(2,3)4,23-13-7-5-8-14-23)24-15-9-6-10-16-24/h5-10,13-16,21-22H,11-12,17-20H2,1-4H3/t21-,22-/m0/s1. The Hall–Kier alpha value is -1.91. The van der Waals surface area contributed by atoms with E-state index in [1.54, 1.807) is 0 Å². The van der Waals surface area contributed by atoms with Gasteiger partial charge in [0.15, 0.2) is 0 Å². The van der Waals surface area contributed by atoms with Gasteiger partial charge >= 0.3 is 5.97 Å². The molecule has 2 aromatic rings. The van der Waals surface area contributed by atoms with Gasteiger partial charge in [-0.25, -0.2) is 0 Å². The molecule has 0 amide bonds. The van der Waals surface area contributed by atoms with E-state index in [2.05, 4.69) is 88.4 Å². The summed E-state index contributed by atoms with van der Waals surface area (Å²) < 4.78 is 12.5. The van der Waals surface area contributed by atoms with E-state index < -0.39 is 8.32 Å². The molecule has 0 aromatic heterocycles. The molecule has 0 N–H and O–H groups in total. The fraction of sp³-hybridized carbons (Fsp3) is 0.500. The van der Waals surface area contributed by atoms with Crippen molar-refractivity contribution >= 4 is 24.7 Å². The predicted molar refractivity (Wildman–Crippen MR) is 126 cm³/mol. The molecule has 1 heterocycles. The largest absolute Gasteiger partial charge is 0.462 e. The lowest BCUT2D eigenvalue weighted by Gasteiger charge is -2.43. The molecule has 30 heavy (non-hydrogen) atoms. The van der Waals surface area contributed by atoms with Crippen molar-refractivity contribution in [2.75, 3.05) is 6.61 Å². The number of hydrogen-bond donors (Lipinski definition) is 0. The van der Waals surface area contributed by atoms with Gasteiger partial charge in [0.05, 0.1) is 0 Å². The van der Waals surface area contributed by atoms with Gasteiger partial charge in [0, 0.05) is 13.0 Å². The minimum atomic E-state index is -2.48. The first-order valence-corrected chi connectivity index (χ1v) is 13.2. The maximum absolute atomic E-state index is 11.6. The SMILES string of the molecule is C[C@@H](CC[C@@H]1CCCC(=O)O1)CO[Si](c1ccccc1)(c1ccccc1)C(C)(C)C. The minimum Gasteiger partial charge on any atom is -0.462 e. The topological polar surface area (TPSA) is 35.5 Å². The lowest BCUT2D eigenvalue weighted by molar-refractivity contribution is -0.154. The molecule has 1 fully saturated rings. The molecule has 162 valence electrons. The van der Waals surface area contributed by atoms with Gasteiger partial charge < -0.3 is 9.16 Å². The maximum Gasteiger partial charge on any atom is 0.306 e. The molecule has 0 spiro atoms. The van der Waals surface area contributed by atoms with Gasteiger partial charge in [-0.15, -0.1) is 0 Å².